The van der Waals surface area contributed by atoms with Crippen molar-refractivity contribution in [2.24, 2.45) is 0 Å². The predicted octanol–water partition coefficient (Wildman–Crippen LogP) is 3.05. The van der Waals surface area contributed by atoms with E-state index in [2.05, 4.69) is 0 Å². The first-order valence-corrected chi connectivity index (χ1v) is 9.71. The van der Waals surface area contributed by atoms with E-state index in [1.807, 2.05) is 36.9 Å². The molecule has 5 nitrogen and oxygen atoms in total. The lowest BCUT2D eigenvalue weighted by Crippen LogP contribution is -2.40. The normalized spacial score (nSPS) is 17.5. The molecule has 0 bridgehead atoms. The topological polar surface area (TPSA) is 49.9 Å². The molecule has 1 fully saturated rings. The molecule has 2 heterocycles. The van der Waals surface area contributed by atoms with Gasteiger partial charge in [0, 0.05) is 13.1 Å². The van der Waals surface area contributed by atoms with E-state index >= 15 is 0 Å². The maximum atomic E-state index is 13.4. The van der Waals surface area contributed by atoms with Crippen molar-refractivity contribution < 1.29 is 18.7 Å². The molecule has 2 aromatic rings. The van der Waals surface area contributed by atoms with Crippen molar-refractivity contribution in [1.82, 2.24) is 9.80 Å². The Morgan fingerprint density at radius 2 is 1.66 bits per heavy atom. The van der Waals surface area contributed by atoms with Gasteiger partial charge in [-0.25, -0.2) is 4.39 Å². The summed E-state index contributed by atoms with van der Waals surface area (Å²) in [6, 6.07) is 11.7. The summed E-state index contributed by atoms with van der Waals surface area (Å²) in [5.74, 6) is -0.972. The van der Waals surface area contributed by atoms with E-state index in [-0.39, 0.29) is 24.2 Å². The number of carbonyl (C=O) groups is 2. The Morgan fingerprint density at radius 1 is 0.966 bits per heavy atom. The summed E-state index contributed by atoms with van der Waals surface area (Å²) < 4.78 is 18.7. The zero-order valence-corrected chi connectivity index (χ0v) is 16.6. The van der Waals surface area contributed by atoms with Crippen molar-refractivity contribution in [2.45, 2.75) is 20.4 Å². The molecule has 150 valence electrons. The summed E-state index contributed by atoms with van der Waals surface area (Å²) in [5.41, 5.74) is 4.41. The highest BCUT2D eigenvalue weighted by Gasteiger charge is 2.42. The number of imide groups is 1. The Bertz CT molecular complexity index is 992. The first-order valence-electron chi connectivity index (χ1n) is 9.71. The van der Waals surface area contributed by atoms with Crippen LogP contribution in [-0.4, -0.2) is 47.9 Å². The third kappa shape index (κ3) is 3.68. The van der Waals surface area contributed by atoms with Crippen LogP contribution in [0.3, 0.4) is 0 Å². The Hall–Kier alpha value is -2.99. The molecule has 0 aliphatic carbocycles. The maximum Gasteiger partial charge on any atom is 0.278 e. The molecule has 2 amide bonds. The highest BCUT2D eigenvalue weighted by Crippen LogP contribution is 2.34. The lowest BCUT2D eigenvalue weighted by Gasteiger charge is -2.29. The van der Waals surface area contributed by atoms with Crippen molar-refractivity contribution in [3.63, 3.8) is 0 Å². The summed E-state index contributed by atoms with van der Waals surface area (Å²) in [4.78, 5) is 29.9. The molecular formula is C23H23FN2O3. The van der Waals surface area contributed by atoms with Gasteiger partial charge in [0.2, 0.25) is 0 Å². The van der Waals surface area contributed by atoms with Crippen LogP contribution in [0.4, 0.5) is 4.39 Å². The van der Waals surface area contributed by atoms with Gasteiger partial charge in [0.25, 0.3) is 11.8 Å². The fraction of sp³-hybridized carbons (Fsp3) is 0.304. The number of amides is 2. The van der Waals surface area contributed by atoms with Crippen LogP contribution in [-0.2, 0) is 20.9 Å². The van der Waals surface area contributed by atoms with Gasteiger partial charge in [-0.05, 0) is 42.7 Å². The number of nitrogens with zero attached hydrogens (tertiary/aromatic N) is 2. The number of benzene rings is 2. The Balaban J connectivity index is 1.76. The number of rotatable bonds is 4. The first kappa shape index (κ1) is 19.3. The molecular weight excluding hydrogens is 371 g/mol. The summed E-state index contributed by atoms with van der Waals surface area (Å²) in [7, 11) is 0. The van der Waals surface area contributed by atoms with Gasteiger partial charge in [0.1, 0.15) is 11.5 Å². The number of ether oxygens (including phenoxy) is 1. The average molecular weight is 394 g/mol. The molecule has 2 aliphatic heterocycles. The van der Waals surface area contributed by atoms with Crippen LogP contribution < -0.4 is 0 Å². The minimum atomic E-state index is -0.351. The van der Waals surface area contributed by atoms with Crippen LogP contribution in [0.5, 0.6) is 0 Å². The van der Waals surface area contributed by atoms with Crippen molar-refractivity contribution in [1.29, 1.82) is 0 Å². The van der Waals surface area contributed by atoms with Gasteiger partial charge in [0.05, 0.1) is 25.3 Å². The molecule has 0 aromatic heterocycles. The summed E-state index contributed by atoms with van der Waals surface area (Å²) in [6.07, 6.45) is 0. The van der Waals surface area contributed by atoms with Crippen LogP contribution in [0.2, 0.25) is 0 Å². The number of hydrogen-bond acceptors (Lipinski definition) is 4. The molecule has 2 aliphatic rings. The van der Waals surface area contributed by atoms with Gasteiger partial charge in [-0.1, -0.05) is 35.9 Å². The fourth-order valence-electron chi connectivity index (χ4n) is 3.90. The van der Waals surface area contributed by atoms with E-state index in [0.29, 0.717) is 43.1 Å². The maximum absolute atomic E-state index is 13.4. The Kier molecular flexibility index (Phi) is 5.20. The second-order valence-electron chi connectivity index (χ2n) is 7.46. The van der Waals surface area contributed by atoms with Crippen molar-refractivity contribution >= 4 is 17.4 Å². The van der Waals surface area contributed by atoms with Crippen LogP contribution in [0.25, 0.3) is 5.57 Å². The lowest BCUT2D eigenvalue weighted by atomic mass is 9.97. The van der Waals surface area contributed by atoms with Crippen LogP contribution in [0.15, 0.2) is 48.2 Å². The van der Waals surface area contributed by atoms with Gasteiger partial charge >= 0.3 is 0 Å². The molecule has 0 atom stereocenters. The van der Waals surface area contributed by atoms with Gasteiger partial charge in [-0.2, -0.15) is 0 Å². The third-order valence-electron chi connectivity index (χ3n) is 5.38. The standard InChI is InChI=1S/C23H23FN2O3/c1-15-3-8-19(16(2)13-15)20-21(25-9-11-29-12-10-25)23(28)26(22(20)27)14-17-4-6-18(24)7-5-17/h3-8,13H,9-12,14H2,1-2H3. The monoisotopic (exact) mass is 394 g/mol. The molecule has 0 unspecified atom stereocenters. The minimum Gasteiger partial charge on any atom is -0.378 e. The van der Waals surface area contributed by atoms with E-state index in [1.165, 1.54) is 17.0 Å². The van der Waals surface area contributed by atoms with E-state index in [9.17, 15) is 14.0 Å². The van der Waals surface area contributed by atoms with E-state index in [0.717, 1.165) is 16.7 Å². The van der Waals surface area contributed by atoms with E-state index in [4.69, 9.17) is 4.74 Å². The van der Waals surface area contributed by atoms with Crippen LogP contribution in [0, 0.1) is 19.7 Å². The number of hydrogen-bond donors (Lipinski definition) is 0. The summed E-state index contributed by atoms with van der Waals surface area (Å²) in [6.45, 7) is 6.22. The van der Waals surface area contributed by atoms with Gasteiger partial charge < -0.3 is 9.64 Å². The van der Waals surface area contributed by atoms with Crippen molar-refractivity contribution in [3.8, 4) is 0 Å². The van der Waals surface area contributed by atoms with Gasteiger partial charge in [-0.15, -0.1) is 0 Å². The van der Waals surface area contributed by atoms with Gasteiger partial charge in [-0.3, -0.25) is 14.5 Å². The summed E-state index contributed by atoms with van der Waals surface area (Å²) >= 11 is 0. The average Bonchev–Trinajstić information content (AvgIpc) is 2.95. The second-order valence-corrected chi connectivity index (χ2v) is 7.46. The van der Waals surface area contributed by atoms with Crippen LogP contribution >= 0.6 is 0 Å². The molecule has 0 N–H and O–H groups in total. The minimum absolute atomic E-state index is 0.111. The van der Waals surface area contributed by atoms with Gasteiger partial charge in [0.15, 0.2) is 0 Å². The third-order valence-corrected chi connectivity index (χ3v) is 5.38. The SMILES string of the molecule is Cc1ccc(C2=C(N3CCOCC3)C(=O)N(Cc3ccc(F)cc3)C2=O)c(C)c1. The molecule has 0 saturated carbocycles. The molecule has 29 heavy (non-hydrogen) atoms. The van der Waals surface area contributed by atoms with E-state index in [1.54, 1.807) is 12.1 Å². The van der Waals surface area contributed by atoms with Crippen LogP contribution in [0.1, 0.15) is 22.3 Å². The highest BCUT2D eigenvalue weighted by atomic mass is 19.1. The molecule has 4 rings (SSSR count). The molecule has 2 aromatic carbocycles. The molecule has 1 saturated heterocycles. The quantitative estimate of drug-likeness (QED) is 0.748. The number of carbonyl (C=O) groups excluding carboxylic acids is 2. The largest absolute Gasteiger partial charge is 0.378 e. The second kappa shape index (κ2) is 7.79. The zero-order chi connectivity index (χ0) is 20.5. The molecule has 0 radical (unpaired) electrons. The highest BCUT2D eigenvalue weighted by molar-refractivity contribution is 6.35. The summed E-state index contributed by atoms with van der Waals surface area (Å²) in [5, 5.41) is 0. The Labute approximate surface area is 169 Å². The fourth-order valence-corrected chi connectivity index (χ4v) is 3.90. The van der Waals surface area contributed by atoms with Crippen molar-refractivity contribution in [2.75, 3.05) is 26.3 Å². The lowest BCUT2D eigenvalue weighted by molar-refractivity contribution is -0.138. The number of halogens is 1. The first-order chi connectivity index (χ1) is 14.0. The number of aryl methyl sites for hydroxylation is 2. The van der Waals surface area contributed by atoms with E-state index < -0.39 is 0 Å². The predicted molar refractivity (Wildman–Crippen MR) is 107 cm³/mol. The zero-order valence-electron chi connectivity index (χ0n) is 16.6. The van der Waals surface area contributed by atoms with Crippen molar-refractivity contribution in [3.05, 3.63) is 76.2 Å². The number of morpholine rings is 1. The Morgan fingerprint density at radius 3 is 2.31 bits per heavy atom. The molecule has 6 heteroatoms. The smallest absolute Gasteiger partial charge is 0.278 e. The molecule has 0 spiro atoms.